The molecule has 30 heavy (non-hydrogen) atoms. The quantitative estimate of drug-likeness (QED) is 0.417. The highest BCUT2D eigenvalue weighted by Crippen LogP contribution is 2.29. The van der Waals surface area contributed by atoms with Crippen molar-refractivity contribution in [2.75, 3.05) is 0 Å². The van der Waals surface area contributed by atoms with Crippen molar-refractivity contribution < 1.29 is 9.18 Å². The minimum Gasteiger partial charge on any atom is -0.292 e. The molecule has 0 fully saturated rings. The second-order valence-electron chi connectivity index (χ2n) is 7.55. The second kappa shape index (κ2) is 7.61. The zero-order chi connectivity index (χ0) is 21.6. The molecule has 0 N–H and O–H groups in total. The summed E-state index contributed by atoms with van der Waals surface area (Å²) < 4.78 is 15.1. The number of fused-ring (bicyclic) bond motifs is 1. The summed E-state index contributed by atoms with van der Waals surface area (Å²) in [5.74, 6) is -0.166. The van der Waals surface area contributed by atoms with Gasteiger partial charge in [0, 0.05) is 16.0 Å². The third-order valence-electron chi connectivity index (χ3n) is 5.35. The number of Topliss-reactive ketones (excluding diaryl/α,β-unsaturated/α-hetero) is 1. The Morgan fingerprint density at radius 2 is 1.87 bits per heavy atom. The van der Waals surface area contributed by atoms with Crippen molar-refractivity contribution in [3.05, 3.63) is 85.8 Å². The number of hydrogen-bond donors (Lipinski definition) is 0. The van der Waals surface area contributed by atoms with Gasteiger partial charge in [-0.1, -0.05) is 23.8 Å². The van der Waals surface area contributed by atoms with Crippen molar-refractivity contribution in [1.82, 2.24) is 9.55 Å². The van der Waals surface area contributed by atoms with Crippen molar-refractivity contribution in [3.8, 4) is 11.4 Å². The summed E-state index contributed by atoms with van der Waals surface area (Å²) in [5.41, 5.74) is 3.24. The SMILES string of the molecule is Cc1cccc(-c2nc3sc(C)c(C)c3c(=O)n2CC(=O)c2ccc(F)c(C)c2)c1. The molecule has 4 nitrogen and oxygen atoms in total. The van der Waals surface area contributed by atoms with Gasteiger partial charge in [-0.25, -0.2) is 9.37 Å². The molecule has 4 aromatic rings. The van der Waals surface area contributed by atoms with E-state index in [1.165, 1.54) is 34.1 Å². The minimum atomic E-state index is -0.364. The average molecular weight is 421 g/mol. The molecule has 0 spiro atoms. The number of carbonyl (C=O) groups excluding carboxylic acids is 1. The van der Waals surface area contributed by atoms with E-state index < -0.39 is 0 Å². The molecule has 0 amide bonds. The van der Waals surface area contributed by atoms with Crippen LogP contribution in [0.2, 0.25) is 0 Å². The van der Waals surface area contributed by atoms with Crippen molar-refractivity contribution >= 4 is 27.3 Å². The standard InChI is InChI=1S/C24H21FN2O2S/c1-13-6-5-7-18(10-13)22-26-23-21(15(3)16(4)30-23)24(29)27(22)12-20(28)17-8-9-19(25)14(2)11-17/h5-11H,12H2,1-4H3. The number of nitrogens with zero attached hydrogens (tertiary/aromatic N) is 2. The normalized spacial score (nSPS) is 11.2. The van der Waals surface area contributed by atoms with E-state index in [-0.39, 0.29) is 23.7 Å². The monoisotopic (exact) mass is 420 g/mol. The Labute approximate surface area is 177 Å². The first kappa shape index (κ1) is 20.2. The van der Waals surface area contributed by atoms with Gasteiger partial charge in [0.05, 0.1) is 11.9 Å². The molecule has 0 saturated heterocycles. The maximum atomic E-state index is 13.6. The molecule has 2 aromatic heterocycles. The van der Waals surface area contributed by atoms with Gasteiger partial charge in [0.15, 0.2) is 5.78 Å². The van der Waals surface area contributed by atoms with Gasteiger partial charge in [-0.2, -0.15) is 0 Å². The lowest BCUT2D eigenvalue weighted by Gasteiger charge is -2.13. The first-order valence-electron chi connectivity index (χ1n) is 9.63. The molecule has 0 aliphatic rings. The van der Waals surface area contributed by atoms with E-state index in [1.807, 2.05) is 45.0 Å². The molecule has 0 atom stereocenters. The van der Waals surface area contributed by atoms with Gasteiger partial charge in [0.2, 0.25) is 0 Å². The fourth-order valence-corrected chi connectivity index (χ4v) is 4.55. The van der Waals surface area contributed by atoms with Gasteiger partial charge in [-0.05, 0) is 63.1 Å². The van der Waals surface area contributed by atoms with Gasteiger partial charge in [-0.3, -0.25) is 14.2 Å². The average Bonchev–Trinajstić information content (AvgIpc) is 2.99. The predicted molar refractivity (Wildman–Crippen MR) is 119 cm³/mol. The van der Waals surface area contributed by atoms with Crippen molar-refractivity contribution in [1.29, 1.82) is 0 Å². The summed E-state index contributed by atoms with van der Waals surface area (Å²) >= 11 is 1.48. The number of benzene rings is 2. The lowest BCUT2D eigenvalue weighted by Crippen LogP contribution is -2.27. The summed E-state index contributed by atoms with van der Waals surface area (Å²) in [6.07, 6.45) is 0. The van der Waals surface area contributed by atoms with Crippen LogP contribution in [0.4, 0.5) is 4.39 Å². The Hall–Kier alpha value is -3.12. The number of carbonyl (C=O) groups is 1. The maximum absolute atomic E-state index is 13.6. The van der Waals surface area contributed by atoms with Crippen LogP contribution in [0.5, 0.6) is 0 Å². The van der Waals surface area contributed by atoms with E-state index in [2.05, 4.69) is 0 Å². The second-order valence-corrected chi connectivity index (χ2v) is 8.75. The topological polar surface area (TPSA) is 52.0 Å². The molecule has 6 heteroatoms. The molecule has 0 aliphatic carbocycles. The smallest absolute Gasteiger partial charge is 0.263 e. The van der Waals surface area contributed by atoms with Gasteiger partial charge in [0.1, 0.15) is 16.5 Å². The molecule has 0 bridgehead atoms. The van der Waals surface area contributed by atoms with Crippen LogP contribution in [0.15, 0.2) is 47.3 Å². The van der Waals surface area contributed by atoms with Crippen LogP contribution in [0.1, 0.15) is 31.9 Å². The van der Waals surface area contributed by atoms with E-state index in [4.69, 9.17) is 4.98 Å². The summed E-state index contributed by atoms with van der Waals surface area (Å²) in [6.45, 7) is 7.28. The number of rotatable bonds is 4. The molecule has 4 rings (SSSR count). The largest absolute Gasteiger partial charge is 0.292 e. The molecule has 0 aliphatic heterocycles. The van der Waals surface area contributed by atoms with Gasteiger partial charge < -0.3 is 0 Å². The number of ketones is 1. The Bertz CT molecular complexity index is 1370. The molecular weight excluding hydrogens is 399 g/mol. The third kappa shape index (κ3) is 3.48. The number of aromatic nitrogens is 2. The third-order valence-corrected chi connectivity index (χ3v) is 6.45. The summed E-state index contributed by atoms with van der Waals surface area (Å²) in [4.78, 5) is 32.9. The Morgan fingerprint density at radius 1 is 1.10 bits per heavy atom. The van der Waals surface area contributed by atoms with E-state index in [0.717, 1.165) is 21.6 Å². The van der Waals surface area contributed by atoms with Crippen LogP contribution < -0.4 is 5.56 Å². The maximum Gasteiger partial charge on any atom is 0.263 e. The minimum absolute atomic E-state index is 0.162. The first-order chi connectivity index (χ1) is 14.3. The Morgan fingerprint density at radius 3 is 2.57 bits per heavy atom. The molecule has 2 heterocycles. The highest BCUT2D eigenvalue weighted by molar-refractivity contribution is 7.18. The number of hydrogen-bond acceptors (Lipinski definition) is 4. The molecule has 0 saturated carbocycles. The van der Waals surface area contributed by atoms with Crippen LogP contribution in [0, 0.1) is 33.5 Å². The van der Waals surface area contributed by atoms with Gasteiger partial charge >= 0.3 is 0 Å². The Kier molecular flexibility index (Phi) is 5.12. The predicted octanol–water partition coefficient (Wildman–Crippen LogP) is 5.38. The summed E-state index contributed by atoms with van der Waals surface area (Å²) in [5, 5.41) is 0.553. The van der Waals surface area contributed by atoms with E-state index in [9.17, 15) is 14.0 Å². The van der Waals surface area contributed by atoms with Crippen molar-refractivity contribution in [3.63, 3.8) is 0 Å². The lowest BCUT2D eigenvalue weighted by molar-refractivity contribution is 0.0971. The zero-order valence-corrected chi connectivity index (χ0v) is 18.1. The fraction of sp³-hybridized carbons (Fsp3) is 0.208. The van der Waals surface area contributed by atoms with Crippen LogP contribution in [-0.4, -0.2) is 15.3 Å². The molecule has 2 aromatic carbocycles. The van der Waals surface area contributed by atoms with E-state index >= 15 is 0 Å². The molecule has 0 radical (unpaired) electrons. The van der Waals surface area contributed by atoms with Crippen LogP contribution in [-0.2, 0) is 6.54 Å². The van der Waals surface area contributed by atoms with Crippen molar-refractivity contribution in [2.45, 2.75) is 34.2 Å². The lowest BCUT2D eigenvalue weighted by atomic mass is 10.1. The summed E-state index contributed by atoms with van der Waals surface area (Å²) in [6, 6.07) is 12.0. The Balaban J connectivity index is 1.92. The molecular formula is C24H21FN2O2S. The summed E-state index contributed by atoms with van der Waals surface area (Å²) in [7, 11) is 0. The fourth-order valence-electron chi connectivity index (χ4n) is 3.53. The number of aryl methyl sites for hydroxylation is 4. The van der Waals surface area contributed by atoms with Crippen LogP contribution in [0.3, 0.4) is 0 Å². The highest BCUT2D eigenvalue weighted by Gasteiger charge is 2.20. The zero-order valence-electron chi connectivity index (χ0n) is 17.2. The van der Waals surface area contributed by atoms with Crippen LogP contribution >= 0.6 is 11.3 Å². The van der Waals surface area contributed by atoms with Gasteiger partial charge in [-0.15, -0.1) is 11.3 Å². The molecule has 152 valence electrons. The first-order valence-corrected chi connectivity index (χ1v) is 10.4. The van der Waals surface area contributed by atoms with E-state index in [0.29, 0.717) is 27.2 Å². The number of thiophene rings is 1. The van der Waals surface area contributed by atoms with Gasteiger partial charge in [0.25, 0.3) is 5.56 Å². The van der Waals surface area contributed by atoms with Crippen LogP contribution in [0.25, 0.3) is 21.6 Å². The number of halogens is 1. The van der Waals surface area contributed by atoms with E-state index in [1.54, 1.807) is 6.92 Å². The highest BCUT2D eigenvalue weighted by atomic mass is 32.1. The van der Waals surface area contributed by atoms with Crippen molar-refractivity contribution in [2.24, 2.45) is 0 Å². The molecule has 0 unspecified atom stereocenters.